The topological polar surface area (TPSA) is 0 Å². The second-order valence-electron chi connectivity index (χ2n) is 37.5. The third-order valence-corrected chi connectivity index (χ3v) is 37.3. The van der Waals surface area contributed by atoms with E-state index < -0.39 is 17.8 Å². The molecule has 3 heterocycles. The molecular formula is C139H82F4Se3. The van der Waals surface area contributed by atoms with Gasteiger partial charge in [0.05, 0.1) is 1.37 Å². The van der Waals surface area contributed by atoms with Crippen LogP contribution < -0.4 is 0 Å². The minimum absolute atomic E-state index is 0.0357. The van der Waals surface area contributed by atoms with E-state index in [1.807, 2.05) is 109 Å². The maximum atomic E-state index is 15.8. The third kappa shape index (κ3) is 14.2. The summed E-state index contributed by atoms with van der Waals surface area (Å²) in [5.41, 5.74) is 18.8. The van der Waals surface area contributed by atoms with E-state index in [9.17, 15) is 13.2 Å². The molecule has 0 saturated carbocycles. The van der Waals surface area contributed by atoms with Gasteiger partial charge in [0, 0.05) is 0 Å². The van der Waals surface area contributed by atoms with Crippen LogP contribution in [0.1, 0.15) is 13.8 Å². The number of hydrogen-bond acceptors (Lipinski definition) is 0. The molecule has 27 aromatic carbocycles. The first-order chi connectivity index (χ1) is 74.6. The van der Waals surface area contributed by atoms with Gasteiger partial charge in [0.25, 0.3) is 0 Å². The molecule has 0 spiro atoms. The summed E-state index contributed by atoms with van der Waals surface area (Å²) in [6, 6.07) is 158. The Hall–Kier alpha value is -16.7. The maximum absolute atomic E-state index is 15.8. The van der Waals surface area contributed by atoms with E-state index in [-0.39, 0.29) is 89.8 Å². The minimum atomic E-state index is -4.49. The summed E-state index contributed by atoms with van der Waals surface area (Å²) in [6.45, 7) is 0. The average molecular weight is 2070 g/mol. The predicted molar refractivity (Wildman–Crippen MR) is 619 cm³/mol. The zero-order chi connectivity index (χ0) is 102. The SMILES string of the molecule is FC(F)(F)c1c2ccccc2c(-c2cccc3c2[se]c2ccc(-c4c5ccccc5c(-c5ccccc5)c5ccccc45)cc23)c2ccccc12.Fc1c2ccccc2c(-c2cccc3c2[se]c2ccc(-c4c5ccccc5c(-c5ccccc5)c5ccccc45)cc23)c2ccccc12.[2H]c1c([2H])c([2H])c(-c2c3ccccc3c(-c3ccc4[se]c5c(-c6c7ccccc7c([2H])c7ccccc67)cccc5c4c3)c3ccccc23)c([2H])c1[2H]. The first-order valence-corrected chi connectivity index (χ1v) is 54.1. The quantitative estimate of drug-likeness (QED) is 0.0768. The van der Waals surface area contributed by atoms with E-state index in [0.717, 1.165) is 92.6 Å². The van der Waals surface area contributed by atoms with Crippen molar-refractivity contribution in [3.63, 3.8) is 0 Å². The van der Waals surface area contributed by atoms with Gasteiger partial charge < -0.3 is 0 Å². The number of halogens is 4. The Bertz CT molecular complexity index is 10700. The second kappa shape index (κ2) is 35.4. The van der Waals surface area contributed by atoms with Crippen molar-refractivity contribution >= 4 is 231 Å². The second-order valence-corrected chi connectivity index (χ2v) is 44.1. The Morgan fingerprint density at radius 3 is 0.699 bits per heavy atom. The van der Waals surface area contributed by atoms with Crippen LogP contribution >= 0.6 is 0 Å². The van der Waals surface area contributed by atoms with Crippen molar-refractivity contribution in [2.75, 3.05) is 0 Å². The van der Waals surface area contributed by atoms with Crippen molar-refractivity contribution in [2.24, 2.45) is 0 Å². The Morgan fingerprint density at radius 2 is 0.404 bits per heavy atom. The van der Waals surface area contributed by atoms with Crippen LogP contribution in [0.15, 0.2) is 497 Å². The number of benzene rings is 27. The van der Waals surface area contributed by atoms with Gasteiger partial charge in [-0.1, -0.05) is 0 Å². The molecule has 0 N–H and O–H groups in total. The Kier molecular flexibility index (Phi) is 19.6. The molecule has 30 rings (SSSR count). The van der Waals surface area contributed by atoms with E-state index in [1.165, 1.54) is 151 Å². The molecule has 0 atom stereocenters. The van der Waals surface area contributed by atoms with Gasteiger partial charge in [0.2, 0.25) is 0 Å². The molecular weight excluding hydrogens is 1980 g/mol. The molecule has 3 aromatic heterocycles. The van der Waals surface area contributed by atoms with Gasteiger partial charge in [-0.25, -0.2) is 0 Å². The van der Waals surface area contributed by atoms with Crippen LogP contribution in [0.4, 0.5) is 17.6 Å². The van der Waals surface area contributed by atoms with Gasteiger partial charge in [-0.2, -0.15) is 0 Å². The van der Waals surface area contributed by atoms with E-state index in [4.69, 9.17) is 8.22 Å². The van der Waals surface area contributed by atoms with Crippen LogP contribution in [0.25, 0.3) is 287 Å². The van der Waals surface area contributed by atoms with Crippen LogP contribution in [-0.2, 0) is 6.18 Å². The summed E-state index contributed by atoms with van der Waals surface area (Å²) >= 11 is 0.125. The standard InChI is InChI=1S/C47H27F3Se.C46H27FSe.C46H28Se/c48-47(49,50)45-36-21-10-8-19-34(36)44(35-20-9-11-22-37(35)45)39-24-12-23-38-40-27-29(25-26-41(40)51-46(38)39)43-32-17-6-4-15-30(32)42(28-13-2-1-3-14-28)31-16-5-7-18-33(31)43;47-45-36-21-10-8-19-34(36)44(35-20-9-11-22-37(35)45)39-24-12-23-38-40-27-29(25-26-41(40)48-46(38)39)43-32-17-6-4-15-30(32)42(28-13-2-1-3-14-28)31-16-5-7-18-33(31)43;1-2-13-29(14-3-1)43-35-19-8-10-21-37(35)44(38-22-11-9-20-36(38)43)32-25-26-42-41(28-32)39-23-12-24-40(46(39)47-42)45-33-17-6-4-15-30(33)27-31-16-5-7-18-34(31)45/h1-27H;1-27H;1-28H/i;;1D,2D,3D,13D,14D,27D. The van der Waals surface area contributed by atoms with Crippen LogP contribution in [0.5, 0.6) is 0 Å². The summed E-state index contributed by atoms with van der Waals surface area (Å²) < 4.78 is 120. The van der Waals surface area contributed by atoms with Crippen molar-refractivity contribution in [3.8, 4) is 100 Å². The fraction of sp³-hybridized carbons (Fsp3) is 0.00719. The summed E-state index contributed by atoms with van der Waals surface area (Å²) in [5, 5.41) is 30.0. The van der Waals surface area contributed by atoms with Gasteiger partial charge in [0.15, 0.2) is 0 Å². The summed E-state index contributed by atoms with van der Waals surface area (Å²) in [4.78, 5) is 0. The Balaban J connectivity index is 0.000000109. The molecule has 0 aliphatic rings. The van der Waals surface area contributed by atoms with E-state index >= 15 is 4.39 Å². The summed E-state index contributed by atoms with van der Waals surface area (Å²) in [6.07, 6.45) is -4.49. The third-order valence-electron chi connectivity index (χ3n) is 29.6. The van der Waals surface area contributed by atoms with Crippen LogP contribution in [0, 0.1) is 5.82 Å². The molecule has 0 amide bonds. The molecule has 146 heavy (non-hydrogen) atoms. The molecule has 0 bridgehead atoms. The zero-order valence-corrected chi connectivity index (χ0v) is 83.3. The number of alkyl halides is 3. The molecule has 0 aliphatic carbocycles. The predicted octanol–water partition coefficient (Wildman–Crippen LogP) is 39.1. The first kappa shape index (κ1) is 80.8. The van der Waals surface area contributed by atoms with E-state index in [2.05, 4.69) is 328 Å². The normalized spacial score (nSPS) is 12.5. The van der Waals surface area contributed by atoms with Crippen molar-refractivity contribution < 1.29 is 25.8 Å². The van der Waals surface area contributed by atoms with E-state index in [0.29, 0.717) is 33.2 Å². The molecule has 0 unspecified atom stereocenters. The number of hydrogen-bond donors (Lipinski definition) is 0. The average Bonchev–Trinajstić information content (AvgIpc) is 1.28. The molecule has 0 fully saturated rings. The first-order valence-electron chi connectivity index (χ1n) is 51.9. The Morgan fingerprint density at radius 1 is 0.178 bits per heavy atom. The van der Waals surface area contributed by atoms with Crippen LogP contribution in [-0.4, -0.2) is 43.5 Å². The van der Waals surface area contributed by atoms with Crippen molar-refractivity contribution in [1.82, 2.24) is 0 Å². The van der Waals surface area contributed by atoms with Crippen molar-refractivity contribution in [1.29, 1.82) is 0 Å². The molecule has 0 nitrogen and oxygen atoms in total. The number of fused-ring (bicyclic) bond motifs is 21. The van der Waals surface area contributed by atoms with Crippen molar-refractivity contribution in [3.05, 3.63) is 509 Å². The fourth-order valence-electron chi connectivity index (χ4n) is 23.5. The van der Waals surface area contributed by atoms with Crippen LogP contribution in [0.3, 0.4) is 0 Å². The zero-order valence-electron chi connectivity index (χ0n) is 84.1. The van der Waals surface area contributed by atoms with Gasteiger partial charge >= 0.3 is 870 Å². The van der Waals surface area contributed by atoms with Gasteiger partial charge in [-0.15, -0.1) is 0 Å². The molecule has 0 aliphatic heterocycles. The van der Waals surface area contributed by atoms with Gasteiger partial charge in [-0.05, 0) is 0 Å². The van der Waals surface area contributed by atoms with Gasteiger partial charge in [0.1, 0.15) is 0 Å². The Labute approximate surface area is 864 Å². The molecule has 30 aromatic rings. The van der Waals surface area contributed by atoms with E-state index in [1.54, 1.807) is 24.3 Å². The molecule has 7 heteroatoms. The van der Waals surface area contributed by atoms with Crippen molar-refractivity contribution in [2.45, 2.75) is 6.18 Å². The van der Waals surface area contributed by atoms with Crippen LogP contribution in [0.2, 0.25) is 0 Å². The molecule has 0 saturated heterocycles. The van der Waals surface area contributed by atoms with Gasteiger partial charge in [-0.3, -0.25) is 0 Å². The summed E-state index contributed by atoms with van der Waals surface area (Å²) in [5.74, 6) is -0.145. The molecule has 0 radical (unpaired) electrons. The molecule has 684 valence electrons. The fourth-order valence-corrected chi connectivity index (χ4v) is 31.1. The number of rotatable bonds is 9. The summed E-state index contributed by atoms with van der Waals surface area (Å²) in [7, 11) is 0. The monoisotopic (exact) mass is 2070 g/mol.